The molecule has 0 bridgehead atoms. The lowest BCUT2D eigenvalue weighted by molar-refractivity contribution is 0.111. The lowest BCUT2D eigenvalue weighted by Gasteiger charge is -2.33. The monoisotopic (exact) mass is 365 g/mol. The minimum atomic E-state index is -0.297. The highest BCUT2D eigenvalue weighted by atomic mass is 16.6. The van der Waals surface area contributed by atoms with Crippen molar-refractivity contribution in [2.45, 2.75) is 6.42 Å². The average molecular weight is 365 g/mol. The van der Waals surface area contributed by atoms with Crippen molar-refractivity contribution in [1.29, 1.82) is 0 Å². The molecule has 3 aromatic rings. The van der Waals surface area contributed by atoms with Gasteiger partial charge in [0.25, 0.3) is 0 Å². The first-order valence-corrected chi connectivity index (χ1v) is 9.18. The van der Waals surface area contributed by atoms with Gasteiger partial charge in [0.2, 0.25) is 0 Å². The van der Waals surface area contributed by atoms with Gasteiger partial charge in [-0.3, -0.25) is 9.88 Å². The van der Waals surface area contributed by atoms with Crippen molar-refractivity contribution in [2.24, 2.45) is 7.05 Å². The first kappa shape index (κ1) is 17.5. The molecule has 4 rings (SSSR count). The number of piperazine rings is 1. The fraction of sp³-hybridized carbons (Fsp3) is 0.350. The summed E-state index contributed by atoms with van der Waals surface area (Å²) in [6, 6.07) is 9.40. The summed E-state index contributed by atoms with van der Waals surface area (Å²) in [5.41, 5.74) is 1.92. The molecule has 140 valence electrons. The largest absolute Gasteiger partial charge is 0.415 e. The molecule has 7 nitrogen and oxygen atoms in total. The van der Waals surface area contributed by atoms with Gasteiger partial charge in [0.15, 0.2) is 0 Å². The van der Waals surface area contributed by atoms with Crippen molar-refractivity contribution in [3.63, 3.8) is 0 Å². The van der Waals surface area contributed by atoms with Crippen molar-refractivity contribution in [3.8, 4) is 5.75 Å². The van der Waals surface area contributed by atoms with Gasteiger partial charge >= 0.3 is 6.09 Å². The molecule has 1 aliphatic heterocycles. The number of pyridine rings is 1. The van der Waals surface area contributed by atoms with Crippen molar-refractivity contribution < 1.29 is 9.53 Å². The third-order valence-corrected chi connectivity index (χ3v) is 4.86. The number of nitrogens with zero attached hydrogens (tertiary/aromatic N) is 5. The number of ether oxygens (including phenoxy) is 1. The molecule has 0 spiro atoms. The molecule has 1 saturated heterocycles. The number of aromatic nitrogens is 3. The molecule has 0 aliphatic carbocycles. The molecule has 7 heteroatoms. The smallest absolute Gasteiger partial charge is 0.410 e. The molecule has 0 saturated carbocycles. The van der Waals surface area contributed by atoms with Crippen LogP contribution in [0, 0.1) is 0 Å². The lowest BCUT2D eigenvalue weighted by Crippen LogP contribution is -2.49. The number of aryl methyl sites for hydroxylation is 1. The van der Waals surface area contributed by atoms with Gasteiger partial charge in [-0.2, -0.15) is 0 Å². The number of hydrogen-bond donors (Lipinski definition) is 0. The van der Waals surface area contributed by atoms with Gasteiger partial charge in [-0.05, 0) is 18.2 Å². The molecule has 0 unspecified atom stereocenters. The Morgan fingerprint density at radius 3 is 2.78 bits per heavy atom. The summed E-state index contributed by atoms with van der Waals surface area (Å²) in [4.78, 5) is 25.2. The number of amides is 1. The van der Waals surface area contributed by atoms with Crippen LogP contribution in [0.2, 0.25) is 0 Å². The SMILES string of the molecule is Cn1cnc(CCN2CCN(C(=O)Oc3ccc4cccnc4c3)CC2)c1. The summed E-state index contributed by atoms with van der Waals surface area (Å²) in [5, 5.41) is 1.03. The number of imidazole rings is 1. The minimum absolute atomic E-state index is 0.297. The number of rotatable bonds is 4. The Kier molecular flexibility index (Phi) is 5.02. The summed E-state index contributed by atoms with van der Waals surface area (Å²) in [6.07, 6.45) is 6.24. The number of benzene rings is 1. The molecule has 1 amide bonds. The maximum Gasteiger partial charge on any atom is 0.415 e. The van der Waals surface area contributed by atoms with Crippen molar-refractivity contribution in [1.82, 2.24) is 24.3 Å². The van der Waals surface area contributed by atoms with Crippen LogP contribution >= 0.6 is 0 Å². The lowest BCUT2D eigenvalue weighted by atomic mass is 10.2. The number of carbonyl (C=O) groups excluding carboxylic acids is 1. The minimum Gasteiger partial charge on any atom is -0.410 e. The first-order valence-electron chi connectivity index (χ1n) is 9.18. The standard InChI is InChI=1S/C20H23N5O2/c1-23-14-17(22-15-23)6-8-24-9-11-25(12-10-24)20(26)27-18-5-4-16-3-2-7-21-19(16)13-18/h2-5,7,13-15H,6,8-12H2,1H3. The summed E-state index contributed by atoms with van der Waals surface area (Å²) in [5.74, 6) is 0.531. The summed E-state index contributed by atoms with van der Waals surface area (Å²) >= 11 is 0. The second-order valence-electron chi connectivity index (χ2n) is 6.84. The van der Waals surface area contributed by atoms with Crippen LogP contribution in [0.15, 0.2) is 49.1 Å². The molecule has 0 atom stereocenters. The van der Waals surface area contributed by atoms with Crippen LogP contribution in [-0.4, -0.2) is 63.2 Å². The summed E-state index contributed by atoms with van der Waals surface area (Å²) in [7, 11) is 1.98. The Morgan fingerprint density at radius 1 is 1.15 bits per heavy atom. The molecule has 27 heavy (non-hydrogen) atoms. The van der Waals surface area contributed by atoms with E-state index in [4.69, 9.17) is 4.74 Å². The molecule has 1 aromatic carbocycles. The second-order valence-corrected chi connectivity index (χ2v) is 6.84. The molecule has 1 aliphatic rings. The fourth-order valence-corrected chi connectivity index (χ4v) is 3.30. The Bertz CT molecular complexity index is 931. The molecule has 3 heterocycles. The van der Waals surface area contributed by atoms with Crippen LogP contribution in [0.25, 0.3) is 10.9 Å². The van der Waals surface area contributed by atoms with Gasteiger partial charge in [0, 0.05) is 70.0 Å². The zero-order valence-corrected chi connectivity index (χ0v) is 15.4. The van der Waals surface area contributed by atoms with Crippen LogP contribution in [0.3, 0.4) is 0 Å². The van der Waals surface area contributed by atoms with E-state index in [-0.39, 0.29) is 6.09 Å². The highest BCUT2D eigenvalue weighted by Crippen LogP contribution is 2.19. The van der Waals surface area contributed by atoms with E-state index in [0.717, 1.165) is 42.7 Å². The highest BCUT2D eigenvalue weighted by Gasteiger charge is 2.22. The van der Waals surface area contributed by atoms with Gasteiger partial charge in [0.05, 0.1) is 17.5 Å². The van der Waals surface area contributed by atoms with Crippen LogP contribution in [0.5, 0.6) is 5.75 Å². The third kappa shape index (κ3) is 4.25. The van der Waals surface area contributed by atoms with E-state index in [1.165, 1.54) is 0 Å². The quantitative estimate of drug-likeness (QED) is 0.710. The molecular formula is C20H23N5O2. The second kappa shape index (κ2) is 7.75. The number of hydrogen-bond acceptors (Lipinski definition) is 5. The van der Waals surface area contributed by atoms with Crippen molar-refractivity contribution in [2.75, 3.05) is 32.7 Å². The molecule has 0 radical (unpaired) electrons. The highest BCUT2D eigenvalue weighted by molar-refractivity contribution is 5.81. The van der Waals surface area contributed by atoms with Crippen LogP contribution in [-0.2, 0) is 13.5 Å². The Labute approximate surface area is 158 Å². The van der Waals surface area contributed by atoms with Crippen LogP contribution < -0.4 is 4.74 Å². The van der Waals surface area contributed by atoms with Gasteiger partial charge in [-0.15, -0.1) is 0 Å². The van der Waals surface area contributed by atoms with Gasteiger partial charge < -0.3 is 14.2 Å². The van der Waals surface area contributed by atoms with E-state index < -0.39 is 0 Å². The van der Waals surface area contributed by atoms with E-state index in [1.54, 1.807) is 17.2 Å². The fourth-order valence-electron chi connectivity index (χ4n) is 3.30. The van der Waals surface area contributed by atoms with E-state index in [9.17, 15) is 4.79 Å². The maximum absolute atomic E-state index is 12.4. The van der Waals surface area contributed by atoms with E-state index >= 15 is 0 Å². The normalized spacial score (nSPS) is 15.2. The van der Waals surface area contributed by atoms with Crippen molar-refractivity contribution >= 4 is 17.0 Å². The molecule has 0 N–H and O–H groups in total. The molecular weight excluding hydrogens is 342 g/mol. The Hall–Kier alpha value is -2.93. The average Bonchev–Trinajstić information content (AvgIpc) is 3.12. The van der Waals surface area contributed by atoms with E-state index in [1.807, 2.05) is 48.4 Å². The van der Waals surface area contributed by atoms with Gasteiger partial charge in [-0.25, -0.2) is 9.78 Å². The Balaban J connectivity index is 1.27. The Morgan fingerprint density at radius 2 is 2.00 bits per heavy atom. The van der Waals surface area contributed by atoms with E-state index in [0.29, 0.717) is 18.8 Å². The topological polar surface area (TPSA) is 63.5 Å². The predicted octanol–water partition coefficient (Wildman–Crippen LogP) is 2.33. The van der Waals surface area contributed by atoms with Gasteiger partial charge in [0.1, 0.15) is 5.75 Å². The maximum atomic E-state index is 12.4. The van der Waals surface area contributed by atoms with Crippen LogP contribution in [0.4, 0.5) is 4.79 Å². The summed E-state index contributed by atoms with van der Waals surface area (Å²) in [6.45, 7) is 4.00. The zero-order chi connectivity index (χ0) is 18.6. The zero-order valence-electron chi connectivity index (χ0n) is 15.4. The summed E-state index contributed by atoms with van der Waals surface area (Å²) < 4.78 is 7.51. The predicted molar refractivity (Wildman–Crippen MR) is 103 cm³/mol. The van der Waals surface area contributed by atoms with Crippen LogP contribution in [0.1, 0.15) is 5.69 Å². The first-order chi connectivity index (χ1) is 13.2. The molecule has 1 fully saturated rings. The van der Waals surface area contributed by atoms with Gasteiger partial charge in [-0.1, -0.05) is 6.07 Å². The molecule has 2 aromatic heterocycles. The number of fused-ring (bicyclic) bond motifs is 1. The van der Waals surface area contributed by atoms with Crippen molar-refractivity contribution in [3.05, 3.63) is 54.7 Å². The van der Waals surface area contributed by atoms with E-state index in [2.05, 4.69) is 14.9 Å². The third-order valence-electron chi connectivity index (χ3n) is 4.86. The number of carbonyl (C=O) groups is 1.